The van der Waals surface area contributed by atoms with Gasteiger partial charge in [0.2, 0.25) is 0 Å². The summed E-state index contributed by atoms with van der Waals surface area (Å²) < 4.78 is 0. The highest BCUT2D eigenvalue weighted by Gasteiger charge is 2.23. The highest BCUT2D eigenvalue weighted by molar-refractivity contribution is 5.96. The van der Waals surface area contributed by atoms with Crippen LogP contribution in [0.4, 0.5) is 10.5 Å². The van der Waals surface area contributed by atoms with Gasteiger partial charge in [0, 0.05) is 23.8 Å². The highest BCUT2D eigenvalue weighted by Crippen LogP contribution is 2.18. The van der Waals surface area contributed by atoms with Gasteiger partial charge < -0.3 is 10.2 Å². The number of hydrogen-bond acceptors (Lipinski definition) is 2. The second-order valence-electron chi connectivity index (χ2n) is 5.11. The molecule has 1 aliphatic heterocycles. The molecule has 1 saturated heterocycles. The van der Waals surface area contributed by atoms with E-state index in [1.165, 1.54) is 13.3 Å². The van der Waals surface area contributed by atoms with E-state index in [1.807, 2.05) is 4.90 Å². The first kappa shape index (κ1) is 13.6. The van der Waals surface area contributed by atoms with E-state index < -0.39 is 0 Å². The molecule has 0 spiro atoms. The van der Waals surface area contributed by atoms with Crippen LogP contribution in [-0.2, 0) is 0 Å². The van der Waals surface area contributed by atoms with Gasteiger partial charge in [-0.1, -0.05) is 12.1 Å². The number of nitrogens with zero attached hydrogens (tertiary/aromatic N) is 1. The molecule has 2 rings (SSSR count). The maximum atomic E-state index is 12.2. The second-order valence-corrected chi connectivity index (χ2v) is 5.11. The number of anilines is 1. The summed E-state index contributed by atoms with van der Waals surface area (Å²) in [7, 11) is 0. The minimum absolute atomic E-state index is 0.00226. The van der Waals surface area contributed by atoms with Gasteiger partial charge in [0.1, 0.15) is 0 Å². The number of rotatable bonds is 2. The molecule has 0 unspecified atom stereocenters. The fraction of sp³-hybridized carbons (Fsp3) is 0.467. The lowest BCUT2D eigenvalue weighted by Crippen LogP contribution is -2.44. The van der Waals surface area contributed by atoms with Crippen molar-refractivity contribution in [2.24, 2.45) is 0 Å². The Morgan fingerprint density at radius 2 is 2.11 bits per heavy atom. The standard InChI is InChI=1S/C15H20N2O2/c1-11-6-3-4-9-17(11)15(19)16-14-8-5-7-13(10-14)12(2)18/h5,7-8,10-11H,3-4,6,9H2,1-2H3,(H,16,19)/t11-/m1/s1. The minimum Gasteiger partial charge on any atom is -0.322 e. The molecule has 1 N–H and O–H groups in total. The summed E-state index contributed by atoms with van der Waals surface area (Å²) in [5, 5.41) is 2.87. The van der Waals surface area contributed by atoms with Gasteiger partial charge >= 0.3 is 6.03 Å². The van der Waals surface area contributed by atoms with Gasteiger partial charge in [-0.2, -0.15) is 0 Å². The van der Waals surface area contributed by atoms with Crippen molar-refractivity contribution in [2.75, 3.05) is 11.9 Å². The molecule has 19 heavy (non-hydrogen) atoms. The van der Waals surface area contributed by atoms with E-state index in [9.17, 15) is 9.59 Å². The molecular weight excluding hydrogens is 240 g/mol. The van der Waals surface area contributed by atoms with Crippen LogP contribution in [-0.4, -0.2) is 29.3 Å². The van der Waals surface area contributed by atoms with Crippen LogP contribution in [0.3, 0.4) is 0 Å². The fourth-order valence-corrected chi connectivity index (χ4v) is 2.41. The number of Topliss-reactive ketones (excluding diaryl/α,β-unsaturated/α-hetero) is 1. The normalized spacial score (nSPS) is 19.1. The Balaban J connectivity index is 2.06. The molecule has 1 fully saturated rings. The largest absolute Gasteiger partial charge is 0.322 e. The van der Waals surface area contributed by atoms with Crippen LogP contribution in [0.1, 0.15) is 43.5 Å². The molecule has 1 atom stereocenters. The summed E-state index contributed by atoms with van der Waals surface area (Å²) in [6, 6.07) is 7.26. The van der Waals surface area contributed by atoms with Crippen LogP contribution >= 0.6 is 0 Å². The van der Waals surface area contributed by atoms with Gasteiger partial charge in [-0.05, 0) is 45.2 Å². The molecule has 1 aliphatic rings. The summed E-state index contributed by atoms with van der Waals surface area (Å²) in [6.07, 6.45) is 3.30. The quantitative estimate of drug-likeness (QED) is 0.829. The lowest BCUT2D eigenvalue weighted by molar-refractivity contribution is 0.101. The molecule has 0 aliphatic carbocycles. The average molecular weight is 260 g/mol. The number of hydrogen-bond donors (Lipinski definition) is 1. The predicted octanol–water partition coefficient (Wildman–Crippen LogP) is 3.30. The number of nitrogens with one attached hydrogen (secondary N) is 1. The van der Waals surface area contributed by atoms with E-state index >= 15 is 0 Å². The minimum atomic E-state index is -0.0760. The average Bonchev–Trinajstić information content (AvgIpc) is 2.39. The number of piperidine rings is 1. The van der Waals surface area contributed by atoms with Crippen molar-refractivity contribution in [3.8, 4) is 0 Å². The number of benzene rings is 1. The molecule has 4 nitrogen and oxygen atoms in total. The van der Waals surface area contributed by atoms with E-state index in [-0.39, 0.29) is 17.9 Å². The maximum Gasteiger partial charge on any atom is 0.322 e. The molecule has 1 aromatic rings. The van der Waals surface area contributed by atoms with E-state index in [0.717, 1.165) is 19.4 Å². The molecule has 1 aromatic carbocycles. The van der Waals surface area contributed by atoms with Crippen LogP contribution in [0.2, 0.25) is 0 Å². The third-order valence-corrected chi connectivity index (χ3v) is 3.58. The summed E-state index contributed by atoms with van der Waals surface area (Å²) in [5.41, 5.74) is 1.29. The number of urea groups is 1. The first-order valence-electron chi connectivity index (χ1n) is 6.76. The molecule has 2 amide bonds. The van der Waals surface area contributed by atoms with Crippen LogP contribution in [0.25, 0.3) is 0 Å². The number of amides is 2. The Kier molecular flexibility index (Phi) is 4.20. The van der Waals surface area contributed by atoms with Crippen molar-refractivity contribution in [3.05, 3.63) is 29.8 Å². The second kappa shape index (κ2) is 5.87. The SMILES string of the molecule is CC(=O)c1cccc(NC(=O)N2CCCC[C@H]2C)c1. The topological polar surface area (TPSA) is 49.4 Å². The molecule has 0 bridgehead atoms. The number of likely N-dealkylation sites (tertiary alicyclic amines) is 1. The summed E-state index contributed by atoms with van der Waals surface area (Å²) in [5.74, 6) is 0.00226. The molecule has 0 saturated carbocycles. The number of carbonyl (C=O) groups is 2. The Bertz CT molecular complexity index is 485. The predicted molar refractivity (Wildman–Crippen MR) is 75.5 cm³/mol. The zero-order valence-corrected chi connectivity index (χ0v) is 11.5. The van der Waals surface area contributed by atoms with E-state index in [0.29, 0.717) is 11.3 Å². The van der Waals surface area contributed by atoms with Crippen molar-refractivity contribution in [2.45, 2.75) is 39.2 Å². The number of ketones is 1. The zero-order chi connectivity index (χ0) is 13.8. The summed E-state index contributed by atoms with van der Waals surface area (Å²) >= 11 is 0. The van der Waals surface area contributed by atoms with Gasteiger partial charge in [-0.25, -0.2) is 4.79 Å². The van der Waals surface area contributed by atoms with Crippen molar-refractivity contribution in [1.82, 2.24) is 4.90 Å². The van der Waals surface area contributed by atoms with Gasteiger partial charge in [0.05, 0.1) is 0 Å². The van der Waals surface area contributed by atoms with E-state index in [1.54, 1.807) is 24.3 Å². The maximum absolute atomic E-state index is 12.2. The van der Waals surface area contributed by atoms with Crippen molar-refractivity contribution in [3.63, 3.8) is 0 Å². The Hall–Kier alpha value is -1.84. The van der Waals surface area contributed by atoms with Gasteiger partial charge in [0.15, 0.2) is 5.78 Å². The smallest absolute Gasteiger partial charge is 0.322 e. The lowest BCUT2D eigenvalue weighted by Gasteiger charge is -2.33. The molecule has 4 heteroatoms. The van der Waals surface area contributed by atoms with Crippen molar-refractivity contribution < 1.29 is 9.59 Å². The highest BCUT2D eigenvalue weighted by atomic mass is 16.2. The first-order valence-corrected chi connectivity index (χ1v) is 6.76. The van der Waals surface area contributed by atoms with E-state index in [2.05, 4.69) is 12.2 Å². The Morgan fingerprint density at radius 3 is 2.79 bits per heavy atom. The van der Waals surface area contributed by atoms with Crippen LogP contribution in [0.5, 0.6) is 0 Å². The molecule has 1 heterocycles. The van der Waals surface area contributed by atoms with Crippen LogP contribution < -0.4 is 5.32 Å². The fourth-order valence-electron chi connectivity index (χ4n) is 2.41. The van der Waals surface area contributed by atoms with Gasteiger partial charge in [-0.15, -0.1) is 0 Å². The molecular formula is C15H20N2O2. The third kappa shape index (κ3) is 3.34. The third-order valence-electron chi connectivity index (χ3n) is 3.58. The van der Waals surface area contributed by atoms with Crippen molar-refractivity contribution in [1.29, 1.82) is 0 Å². The molecule has 102 valence electrons. The van der Waals surface area contributed by atoms with Crippen LogP contribution in [0, 0.1) is 0 Å². The number of carbonyl (C=O) groups excluding carboxylic acids is 2. The lowest BCUT2D eigenvalue weighted by atomic mass is 10.0. The van der Waals surface area contributed by atoms with Gasteiger partial charge in [-0.3, -0.25) is 4.79 Å². The van der Waals surface area contributed by atoms with Crippen molar-refractivity contribution >= 4 is 17.5 Å². The summed E-state index contributed by atoms with van der Waals surface area (Å²) in [6.45, 7) is 4.40. The van der Waals surface area contributed by atoms with Gasteiger partial charge in [0.25, 0.3) is 0 Å². The molecule has 0 aromatic heterocycles. The zero-order valence-electron chi connectivity index (χ0n) is 11.5. The Morgan fingerprint density at radius 1 is 1.32 bits per heavy atom. The Labute approximate surface area is 113 Å². The first-order chi connectivity index (χ1) is 9.08. The monoisotopic (exact) mass is 260 g/mol. The molecule has 0 radical (unpaired) electrons. The van der Waals surface area contributed by atoms with Crippen LogP contribution in [0.15, 0.2) is 24.3 Å². The summed E-state index contributed by atoms with van der Waals surface area (Å²) in [4.78, 5) is 25.4. The van der Waals surface area contributed by atoms with E-state index in [4.69, 9.17) is 0 Å².